The maximum Gasteiger partial charge on any atom is 0.185 e. The number of hydrogen-bond donors (Lipinski definition) is 0. The summed E-state index contributed by atoms with van der Waals surface area (Å²) in [5, 5.41) is 10.0. The number of hydrogen-bond acceptors (Lipinski definition) is 4. The third-order valence-corrected chi connectivity index (χ3v) is 0.944. The second kappa shape index (κ2) is 2.34. The van der Waals surface area contributed by atoms with Gasteiger partial charge in [-0.25, -0.2) is 0 Å². The van der Waals surface area contributed by atoms with E-state index in [0.717, 1.165) is 0 Å². The lowest BCUT2D eigenvalue weighted by molar-refractivity contribution is -0.257. The van der Waals surface area contributed by atoms with Gasteiger partial charge in [0.15, 0.2) is 12.0 Å². The van der Waals surface area contributed by atoms with Gasteiger partial charge in [-0.05, 0) is 12.1 Å². The average Bonchev–Trinajstić information content (AvgIpc) is 2.34. The standard InChI is InChI=1S/C6H4O4/c7-3-4-1-2-5(10-4)6(8)9/h1-3H,(H,8,9)/p-1. The maximum atomic E-state index is 10.0. The highest BCUT2D eigenvalue weighted by atomic mass is 16.4. The minimum Gasteiger partial charge on any atom is -0.542 e. The average molecular weight is 139 g/mol. The van der Waals surface area contributed by atoms with Crippen molar-refractivity contribution in [2.45, 2.75) is 0 Å². The highest BCUT2D eigenvalue weighted by Crippen LogP contribution is 2.03. The largest absolute Gasteiger partial charge is 0.542 e. The minimum absolute atomic E-state index is 0.0146. The van der Waals surface area contributed by atoms with Crippen LogP contribution in [-0.2, 0) is 0 Å². The number of aromatic carboxylic acids is 1. The van der Waals surface area contributed by atoms with Crippen LogP contribution in [0.5, 0.6) is 0 Å². The van der Waals surface area contributed by atoms with Crippen LogP contribution in [0.25, 0.3) is 0 Å². The van der Waals surface area contributed by atoms with Gasteiger partial charge in [0.05, 0.1) is 0 Å². The van der Waals surface area contributed by atoms with Crippen LogP contribution in [0.1, 0.15) is 21.1 Å². The van der Waals surface area contributed by atoms with Crippen molar-refractivity contribution in [3.8, 4) is 0 Å². The number of carboxylic acid groups (broad SMARTS) is 1. The number of furan rings is 1. The summed E-state index contributed by atoms with van der Waals surface area (Å²) in [6, 6.07) is 2.43. The Hall–Kier alpha value is -1.58. The highest BCUT2D eigenvalue weighted by Gasteiger charge is 1.99. The van der Waals surface area contributed by atoms with E-state index >= 15 is 0 Å². The molecule has 52 valence electrons. The van der Waals surface area contributed by atoms with Crippen LogP contribution in [0.3, 0.4) is 0 Å². The number of rotatable bonds is 2. The second-order valence-electron chi connectivity index (χ2n) is 1.61. The fourth-order valence-corrected chi connectivity index (χ4v) is 0.526. The van der Waals surface area contributed by atoms with Gasteiger partial charge in [0.25, 0.3) is 0 Å². The lowest BCUT2D eigenvalue weighted by atomic mass is 10.4. The van der Waals surface area contributed by atoms with E-state index in [2.05, 4.69) is 4.42 Å². The van der Waals surface area contributed by atoms with Crippen molar-refractivity contribution >= 4 is 12.3 Å². The van der Waals surface area contributed by atoms with Crippen molar-refractivity contribution in [3.05, 3.63) is 23.7 Å². The first-order valence-corrected chi connectivity index (χ1v) is 2.50. The zero-order valence-electron chi connectivity index (χ0n) is 4.87. The normalized spacial score (nSPS) is 9.20. The monoisotopic (exact) mass is 139 g/mol. The Morgan fingerprint density at radius 2 is 2.30 bits per heavy atom. The number of carbonyl (C=O) groups is 2. The molecule has 0 aliphatic heterocycles. The van der Waals surface area contributed by atoms with Crippen LogP contribution >= 0.6 is 0 Å². The van der Waals surface area contributed by atoms with Crippen molar-refractivity contribution < 1.29 is 19.1 Å². The summed E-state index contributed by atoms with van der Waals surface area (Å²) in [5.41, 5.74) is 0. The second-order valence-corrected chi connectivity index (χ2v) is 1.61. The predicted octanol–water partition coefficient (Wildman–Crippen LogP) is -0.544. The van der Waals surface area contributed by atoms with Gasteiger partial charge < -0.3 is 14.3 Å². The van der Waals surface area contributed by atoms with Gasteiger partial charge in [0.2, 0.25) is 0 Å². The SMILES string of the molecule is O=Cc1ccc(C(=O)[O-])o1. The first kappa shape index (κ1) is 6.54. The molecule has 0 fully saturated rings. The van der Waals surface area contributed by atoms with E-state index in [4.69, 9.17) is 0 Å². The van der Waals surface area contributed by atoms with Gasteiger partial charge in [0, 0.05) is 0 Å². The molecular formula is C6H3O4-. The van der Waals surface area contributed by atoms with Gasteiger partial charge in [-0.1, -0.05) is 0 Å². The zero-order chi connectivity index (χ0) is 7.56. The van der Waals surface area contributed by atoms with Crippen LogP contribution in [0.4, 0.5) is 0 Å². The lowest BCUT2D eigenvalue weighted by Gasteiger charge is -1.92. The van der Waals surface area contributed by atoms with E-state index in [1.165, 1.54) is 12.1 Å². The molecule has 0 aliphatic rings. The van der Waals surface area contributed by atoms with Crippen molar-refractivity contribution in [3.63, 3.8) is 0 Å². The smallest absolute Gasteiger partial charge is 0.185 e. The van der Waals surface area contributed by atoms with Crippen LogP contribution < -0.4 is 5.11 Å². The molecule has 1 heterocycles. The minimum atomic E-state index is -1.42. The summed E-state index contributed by atoms with van der Waals surface area (Å²) in [4.78, 5) is 19.9. The quantitative estimate of drug-likeness (QED) is 0.515. The molecule has 0 aromatic carbocycles. The van der Waals surface area contributed by atoms with Gasteiger partial charge in [0.1, 0.15) is 11.7 Å². The summed E-state index contributed by atoms with van der Waals surface area (Å²) < 4.78 is 4.46. The van der Waals surface area contributed by atoms with E-state index in [9.17, 15) is 14.7 Å². The molecule has 0 saturated heterocycles. The third kappa shape index (κ3) is 1.05. The molecule has 0 radical (unpaired) electrons. The van der Waals surface area contributed by atoms with Crippen LogP contribution in [-0.4, -0.2) is 12.3 Å². The first-order chi connectivity index (χ1) is 4.74. The third-order valence-electron chi connectivity index (χ3n) is 0.944. The molecule has 0 atom stereocenters. The number of carboxylic acids is 1. The fourth-order valence-electron chi connectivity index (χ4n) is 0.526. The molecule has 0 amide bonds. The Labute approximate surface area is 56.1 Å². The molecule has 0 bridgehead atoms. The molecule has 4 nitrogen and oxygen atoms in total. The topological polar surface area (TPSA) is 70.3 Å². The Morgan fingerprint density at radius 1 is 1.60 bits per heavy atom. The fraction of sp³-hybridized carbons (Fsp3) is 0. The Bertz CT molecular complexity index is 260. The van der Waals surface area contributed by atoms with Gasteiger partial charge in [-0.15, -0.1) is 0 Å². The van der Waals surface area contributed by atoms with Crippen molar-refractivity contribution in [2.24, 2.45) is 0 Å². The summed E-state index contributed by atoms with van der Waals surface area (Å²) in [5.74, 6) is -1.77. The molecule has 4 heteroatoms. The van der Waals surface area contributed by atoms with E-state index in [0.29, 0.717) is 6.29 Å². The molecule has 0 spiro atoms. The summed E-state index contributed by atoms with van der Waals surface area (Å²) >= 11 is 0. The molecule has 10 heavy (non-hydrogen) atoms. The lowest BCUT2D eigenvalue weighted by Crippen LogP contribution is -2.21. The molecule has 0 aliphatic carbocycles. The van der Waals surface area contributed by atoms with Crippen molar-refractivity contribution in [1.29, 1.82) is 0 Å². The molecule has 1 aromatic rings. The van der Waals surface area contributed by atoms with Gasteiger partial charge in [-0.3, -0.25) is 4.79 Å². The van der Waals surface area contributed by atoms with Gasteiger partial charge in [-0.2, -0.15) is 0 Å². The molecular weight excluding hydrogens is 136 g/mol. The van der Waals surface area contributed by atoms with Crippen molar-refractivity contribution in [1.82, 2.24) is 0 Å². The van der Waals surface area contributed by atoms with Crippen LogP contribution in [0, 0.1) is 0 Å². The zero-order valence-corrected chi connectivity index (χ0v) is 4.87. The van der Waals surface area contributed by atoms with E-state index in [1.807, 2.05) is 0 Å². The maximum absolute atomic E-state index is 10.0. The molecule has 1 aromatic heterocycles. The number of aldehydes is 1. The molecule has 1 rings (SSSR count). The van der Waals surface area contributed by atoms with E-state index in [-0.39, 0.29) is 11.5 Å². The number of carbonyl (C=O) groups excluding carboxylic acids is 2. The summed E-state index contributed by atoms with van der Waals surface area (Å²) in [6.07, 6.45) is 0.423. The van der Waals surface area contributed by atoms with Crippen molar-refractivity contribution in [2.75, 3.05) is 0 Å². The van der Waals surface area contributed by atoms with Crippen LogP contribution in [0.2, 0.25) is 0 Å². The summed E-state index contributed by atoms with van der Waals surface area (Å²) in [6.45, 7) is 0. The van der Waals surface area contributed by atoms with Gasteiger partial charge >= 0.3 is 0 Å². The Morgan fingerprint density at radius 3 is 2.60 bits per heavy atom. The Kier molecular flexibility index (Phi) is 1.53. The summed E-state index contributed by atoms with van der Waals surface area (Å²) in [7, 11) is 0. The molecule has 0 N–H and O–H groups in total. The van der Waals surface area contributed by atoms with E-state index < -0.39 is 5.97 Å². The Balaban J connectivity index is 2.98. The van der Waals surface area contributed by atoms with E-state index in [1.54, 1.807) is 0 Å². The van der Waals surface area contributed by atoms with Crippen LogP contribution in [0.15, 0.2) is 16.5 Å². The molecule has 0 saturated carbocycles. The highest BCUT2D eigenvalue weighted by molar-refractivity contribution is 5.84. The first-order valence-electron chi connectivity index (χ1n) is 2.50. The predicted molar refractivity (Wildman–Crippen MR) is 28.4 cm³/mol. The molecule has 0 unspecified atom stereocenters.